The van der Waals surface area contributed by atoms with Crippen molar-refractivity contribution in [2.45, 2.75) is 6.92 Å². The lowest BCUT2D eigenvalue weighted by Gasteiger charge is -1.95. The molecule has 0 aromatic heterocycles. The molecule has 0 aliphatic heterocycles. The second kappa shape index (κ2) is 4.60. The molecule has 0 spiro atoms. The second-order valence-electron chi connectivity index (χ2n) is 1.78. The van der Waals surface area contributed by atoms with Crippen molar-refractivity contribution in [3.63, 3.8) is 0 Å². The zero-order valence-electron chi connectivity index (χ0n) is 5.17. The van der Waals surface area contributed by atoms with Crippen LogP contribution in [0.1, 0.15) is 6.92 Å². The summed E-state index contributed by atoms with van der Waals surface area (Å²) in [6, 6.07) is 0. The Morgan fingerprint density at radius 3 is 2.75 bits per heavy atom. The van der Waals surface area contributed by atoms with Crippen molar-refractivity contribution in [2.75, 3.05) is 6.61 Å². The molecule has 0 saturated carbocycles. The van der Waals surface area contributed by atoms with Gasteiger partial charge in [-0.25, -0.2) is 0 Å². The van der Waals surface area contributed by atoms with Crippen LogP contribution in [0, 0.1) is 5.92 Å². The fourth-order valence-corrected chi connectivity index (χ4v) is 0.329. The summed E-state index contributed by atoms with van der Waals surface area (Å²) >= 11 is 0. The first kappa shape index (κ1) is 7.44. The summed E-state index contributed by atoms with van der Waals surface area (Å²) in [5, 5.41) is 8.48. The topological polar surface area (TPSA) is 20.2 Å². The Balaban J connectivity index is 3.35. The predicted molar refractivity (Wildman–Crippen MR) is 35.6 cm³/mol. The van der Waals surface area contributed by atoms with Crippen LogP contribution in [0.25, 0.3) is 0 Å². The summed E-state index contributed by atoms with van der Waals surface area (Å²) in [7, 11) is 0. The van der Waals surface area contributed by atoms with Crippen LogP contribution >= 0.6 is 0 Å². The van der Waals surface area contributed by atoms with Crippen molar-refractivity contribution >= 4 is 0 Å². The SMILES string of the molecule is C=C/C=C/C(C)CO. The molecule has 1 N–H and O–H groups in total. The highest BCUT2D eigenvalue weighted by Crippen LogP contribution is 1.93. The van der Waals surface area contributed by atoms with Gasteiger partial charge in [0.25, 0.3) is 0 Å². The number of hydrogen-bond donors (Lipinski definition) is 1. The summed E-state index contributed by atoms with van der Waals surface area (Å²) < 4.78 is 0. The van der Waals surface area contributed by atoms with Crippen LogP contribution in [0.4, 0.5) is 0 Å². The maximum atomic E-state index is 8.48. The Morgan fingerprint density at radius 2 is 2.38 bits per heavy atom. The molecule has 0 amide bonds. The van der Waals surface area contributed by atoms with Gasteiger partial charge in [-0.2, -0.15) is 0 Å². The number of allylic oxidation sites excluding steroid dienone is 2. The lowest BCUT2D eigenvalue weighted by atomic mass is 10.2. The molecule has 0 radical (unpaired) electrons. The smallest absolute Gasteiger partial charge is 0.0491 e. The van der Waals surface area contributed by atoms with Gasteiger partial charge >= 0.3 is 0 Å². The average molecular weight is 112 g/mol. The Morgan fingerprint density at radius 1 is 1.75 bits per heavy atom. The molecule has 46 valence electrons. The fraction of sp³-hybridized carbons (Fsp3) is 0.429. The molecule has 0 saturated heterocycles. The predicted octanol–water partition coefficient (Wildman–Crippen LogP) is 1.36. The van der Waals surface area contributed by atoms with Crippen LogP contribution in [0.2, 0.25) is 0 Å². The van der Waals surface area contributed by atoms with E-state index < -0.39 is 0 Å². The molecule has 1 unspecified atom stereocenters. The Kier molecular flexibility index (Phi) is 4.27. The molecule has 0 heterocycles. The Labute approximate surface area is 50.3 Å². The molecule has 0 aromatic rings. The summed E-state index contributed by atoms with van der Waals surface area (Å²) in [5.41, 5.74) is 0. The van der Waals surface area contributed by atoms with E-state index in [0.717, 1.165) is 0 Å². The van der Waals surface area contributed by atoms with E-state index in [1.807, 2.05) is 19.1 Å². The van der Waals surface area contributed by atoms with E-state index in [1.54, 1.807) is 6.08 Å². The molecule has 0 fully saturated rings. The maximum absolute atomic E-state index is 8.48. The largest absolute Gasteiger partial charge is 0.396 e. The van der Waals surface area contributed by atoms with Crippen molar-refractivity contribution in [3.8, 4) is 0 Å². The van der Waals surface area contributed by atoms with E-state index in [9.17, 15) is 0 Å². The first-order chi connectivity index (χ1) is 3.81. The van der Waals surface area contributed by atoms with Crippen LogP contribution < -0.4 is 0 Å². The highest BCUT2D eigenvalue weighted by Gasteiger charge is 1.88. The molecule has 1 heteroatoms. The van der Waals surface area contributed by atoms with Crippen molar-refractivity contribution < 1.29 is 5.11 Å². The lowest BCUT2D eigenvalue weighted by molar-refractivity contribution is 0.262. The van der Waals surface area contributed by atoms with Crippen LogP contribution in [0.15, 0.2) is 24.8 Å². The van der Waals surface area contributed by atoms with Gasteiger partial charge in [-0.1, -0.05) is 31.7 Å². The molecule has 0 aliphatic rings. The molecule has 0 aromatic carbocycles. The monoisotopic (exact) mass is 112 g/mol. The first-order valence-electron chi connectivity index (χ1n) is 2.71. The van der Waals surface area contributed by atoms with E-state index in [1.165, 1.54) is 0 Å². The molecule has 0 bridgehead atoms. The zero-order chi connectivity index (χ0) is 6.41. The van der Waals surface area contributed by atoms with Gasteiger partial charge in [0.1, 0.15) is 0 Å². The molecule has 1 nitrogen and oxygen atoms in total. The van der Waals surface area contributed by atoms with E-state index in [-0.39, 0.29) is 12.5 Å². The van der Waals surface area contributed by atoms with Crippen LogP contribution in [-0.2, 0) is 0 Å². The summed E-state index contributed by atoms with van der Waals surface area (Å²) in [6.07, 6.45) is 5.44. The number of hydrogen-bond acceptors (Lipinski definition) is 1. The van der Waals surface area contributed by atoms with Crippen molar-refractivity contribution in [1.82, 2.24) is 0 Å². The highest BCUT2D eigenvalue weighted by molar-refractivity contribution is 4.98. The molecule has 0 aliphatic carbocycles. The van der Waals surface area contributed by atoms with Gasteiger partial charge in [0, 0.05) is 6.61 Å². The zero-order valence-corrected chi connectivity index (χ0v) is 5.17. The fourth-order valence-electron chi connectivity index (χ4n) is 0.329. The van der Waals surface area contributed by atoms with E-state index in [4.69, 9.17) is 5.11 Å². The van der Waals surface area contributed by atoms with Crippen molar-refractivity contribution in [3.05, 3.63) is 24.8 Å². The Bertz CT molecular complexity index is 84.4. The van der Waals surface area contributed by atoms with Gasteiger partial charge in [0.05, 0.1) is 0 Å². The lowest BCUT2D eigenvalue weighted by Crippen LogP contribution is -1.93. The Hall–Kier alpha value is -0.560. The van der Waals surface area contributed by atoms with Gasteiger partial charge in [-0.15, -0.1) is 0 Å². The van der Waals surface area contributed by atoms with Gasteiger partial charge < -0.3 is 5.11 Å². The quantitative estimate of drug-likeness (QED) is 0.546. The molecular formula is C7H12O. The summed E-state index contributed by atoms with van der Waals surface area (Å²) in [5.74, 6) is 0.257. The van der Waals surface area contributed by atoms with Crippen LogP contribution in [0.5, 0.6) is 0 Å². The molecule has 0 rings (SSSR count). The summed E-state index contributed by atoms with van der Waals surface area (Å²) in [4.78, 5) is 0. The van der Waals surface area contributed by atoms with Crippen LogP contribution in [-0.4, -0.2) is 11.7 Å². The minimum Gasteiger partial charge on any atom is -0.396 e. The van der Waals surface area contributed by atoms with Crippen LogP contribution in [0.3, 0.4) is 0 Å². The number of rotatable bonds is 3. The van der Waals surface area contributed by atoms with E-state index in [0.29, 0.717) is 0 Å². The van der Waals surface area contributed by atoms with Gasteiger partial charge in [-0.05, 0) is 5.92 Å². The summed E-state index contributed by atoms with van der Waals surface area (Å²) in [6.45, 7) is 5.66. The third-order valence-electron chi connectivity index (χ3n) is 0.864. The number of aliphatic hydroxyl groups excluding tert-OH is 1. The second-order valence-corrected chi connectivity index (χ2v) is 1.78. The minimum atomic E-state index is 0.213. The van der Waals surface area contributed by atoms with Crippen molar-refractivity contribution in [1.29, 1.82) is 0 Å². The minimum absolute atomic E-state index is 0.213. The third kappa shape index (κ3) is 3.62. The van der Waals surface area contributed by atoms with Gasteiger partial charge in [0.15, 0.2) is 0 Å². The molecule has 8 heavy (non-hydrogen) atoms. The van der Waals surface area contributed by atoms with E-state index >= 15 is 0 Å². The molecule has 1 atom stereocenters. The standard InChI is InChI=1S/C7H12O/c1-3-4-5-7(2)6-8/h3-5,7-8H,1,6H2,2H3/b5-4+. The third-order valence-corrected chi connectivity index (χ3v) is 0.864. The van der Waals surface area contributed by atoms with E-state index in [2.05, 4.69) is 6.58 Å². The van der Waals surface area contributed by atoms with Gasteiger partial charge in [0.2, 0.25) is 0 Å². The van der Waals surface area contributed by atoms with Crippen molar-refractivity contribution in [2.24, 2.45) is 5.92 Å². The first-order valence-corrected chi connectivity index (χ1v) is 2.71. The maximum Gasteiger partial charge on any atom is 0.0491 e. The number of aliphatic hydroxyl groups is 1. The van der Waals surface area contributed by atoms with Gasteiger partial charge in [-0.3, -0.25) is 0 Å². The average Bonchev–Trinajstić information content (AvgIpc) is 1.83. The molecular weight excluding hydrogens is 100 g/mol. The normalized spacial score (nSPS) is 14.2. The highest BCUT2D eigenvalue weighted by atomic mass is 16.3.